The smallest absolute Gasteiger partial charge is 0.129 e. The third-order valence-electron chi connectivity index (χ3n) is 1.94. The Kier molecular flexibility index (Phi) is 5.85. The Morgan fingerprint density at radius 1 is 1.50 bits per heavy atom. The van der Waals surface area contributed by atoms with Gasteiger partial charge in [0.25, 0.3) is 0 Å². The summed E-state index contributed by atoms with van der Waals surface area (Å²) in [5, 5.41) is 12.0. The van der Waals surface area contributed by atoms with Gasteiger partial charge in [0.15, 0.2) is 0 Å². The largest absolute Gasteiger partial charge is 0.462 e. The minimum atomic E-state index is -0.0538. The Balaban J connectivity index is 2.04. The molecule has 0 aliphatic carbocycles. The zero-order valence-corrected chi connectivity index (χ0v) is 9.66. The second kappa shape index (κ2) is 7.22. The Morgan fingerprint density at radius 2 is 2.25 bits per heavy atom. The van der Waals surface area contributed by atoms with Gasteiger partial charge in [0.2, 0.25) is 0 Å². The van der Waals surface area contributed by atoms with Crippen molar-refractivity contribution in [3.05, 3.63) is 35.8 Å². The van der Waals surface area contributed by atoms with E-state index in [4.69, 9.17) is 14.3 Å². The van der Waals surface area contributed by atoms with E-state index in [9.17, 15) is 0 Å². The van der Waals surface area contributed by atoms with Crippen LogP contribution in [0.15, 0.2) is 28.7 Å². The maximum absolute atomic E-state index is 8.80. The van der Waals surface area contributed by atoms with Gasteiger partial charge < -0.3 is 19.6 Å². The summed E-state index contributed by atoms with van der Waals surface area (Å²) in [7, 11) is 0. The van der Waals surface area contributed by atoms with Gasteiger partial charge in [-0.3, -0.25) is 0 Å². The van der Waals surface area contributed by atoms with Crippen molar-refractivity contribution in [1.82, 2.24) is 5.32 Å². The maximum atomic E-state index is 8.80. The number of hydrogen-bond acceptors (Lipinski definition) is 4. The lowest BCUT2D eigenvalue weighted by Crippen LogP contribution is -2.19. The van der Waals surface area contributed by atoms with Gasteiger partial charge >= 0.3 is 0 Å². The summed E-state index contributed by atoms with van der Waals surface area (Å²) in [6.45, 7) is 8.31. The molecule has 0 aromatic carbocycles. The summed E-state index contributed by atoms with van der Waals surface area (Å²) in [5.41, 5.74) is 1.03. The number of ether oxygens (including phenoxy) is 1. The van der Waals surface area contributed by atoms with Gasteiger partial charge in [-0.25, -0.2) is 0 Å². The molecule has 0 radical (unpaired) electrons. The second-order valence-corrected chi connectivity index (χ2v) is 3.71. The molecule has 4 heteroatoms. The third kappa shape index (κ3) is 5.11. The maximum Gasteiger partial charge on any atom is 0.129 e. The zero-order chi connectivity index (χ0) is 11.8. The van der Waals surface area contributed by atoms with Crippen molar-refractivity contribution in [1.29, 1.82) is 0 Å². The highest BCUT2D eigenvalue weighted by Gasteiger charge is 1.99. The topological polar surface area (TPSA) is 54.6 Å². The summed E-state index contributed by atoms with van der Waals surface area (Å²) < 4.78 is 10.6. The van der Waals surface area contributed by atoms with Crippen molar-refractivity contribution < 1.29 is 14.3 Å². The van der Waals surface area contributed by atoms with Crippen LogP contribution in [-0.2, 0) is 17.9 Å². The molecular weight excluding hydrogens is 206 g/mol. The lowest BCUT2D eigenvalue weighted by atomic mass is 10.4. The fourth-order valence-corrected chi connectivity index (χ4v) is 1.20. The van der Waals surface area contributed by atoms with Gasteiger partial charge in [0.1, 0.15) is 18.1 Å². The molecule has 0 bridgehead atoms. The molecule has 16 heavy (non-hydrogen) atoms. The first-order chi connectivity index (χ1) is 7.72. The number of nitrogens with one attached hydrogen (secondary N) is 1. The molecule has 4 nitrogen and oxygen atoms in total. The lowest BCUT2D eigenvalue weighted by molar-refractivity contribution is 0.157. The highest BCUT2D eigenvalue weighted by molar-refractivity contribution is 5.05. The molecule has 1 aromatic rings. The minimum Gasteiger partial charge on any atom is -0.462 e. The molecule has 0 amide bonds. The standard InChI is InChI=1S/C12H19NO3/c1-10(2)9-15-6-5-13-7-11-3-4-12(8-14)16-11/h3-4,13-14H,1,5-9H2,2H3. The van der Waals surface area contributed by atoms with Gasteiger partial charge in [0.05, 0.1) is 19.8 Å². The first-order valence-corrected chi connectivity index (χ1v) is 5.33. The second-order valence-electron chi connectivity index (χ2n) is 3.71. The molecule has 90 valence electrons. The highest BCUT2D eigenvalue weighted by atomic mass is 16.5. The molecule has 0 saturated carbocycles. The summed E-state index contributed by atoms with van der Waals surface area (Å²) in [4.78, 5) is 0. The van der Waals surface area contributed by atoms with Gasteiger partial charge in [-0.15, -0.1) is 0 Å². The van der Waals surface area contributed by atoms with Gasteiger partial charge in [-0.2, -0.15) is 0 Å². The first-order valence-electron chi connectivity index (χ1n) is 5.33. The van der Waals surface area contributed by atoms with Crippen molar-refractivity contribution in [2.24, 2.45) is 0 Å². The predicted octanol–water partition coefficient (Wildman–Crippen LogP) is 1.45. The molecule has 0 unspecified atom stereocenters. The zero-order valence-electron chi connectivity index (χ0n) is 9.66. The van der Waals surface area contributed by atoms with Crippen molar-refractivity contribution in [2.45, 2.75) is 20.1 Å². The van der Waals surface area contributed by atoms with Crippen LogP contribution in [0.25, 0.3) is 0 Å². The summed E-state index contributed by atoms with van der Waals surface area (Å²) in [6, 6.07) is 3.63. The van der Waals surface area contributed by atoms with E-state index < -0.39 is 0 Å². The van der Waals surface area contributed by atoms with Crippen LogP contribution in [-0.4, -0.2) is 24.9 Å². The van der Waals surface area contributed by atoms with Gasteiger partial charge in [0, 0.05) is 6.54 Å². The van der Waals surface area contributed by atoms with Crippen molar-refractivity contribution in [3.8, 4) is 0 Å². The SMILES string of the molecule is C=C(C)COCCNCc1ccc(CO)o1. The summed E-state index contributed by atoms with van der Waals surface area (Å²) in [6.07, 6.45) is 0. The number of furan rings is 1. The average Bonchev–Trinajstić information content (AvgIpc) is 2.70. The Labute approximate surface area is 95.9 Å². The van der Waals surface area contributed by atoms with Crippen LogP contribution in [0.5, 0.6) is 0 Å². The summed E-state index contributed by atoms with van der Waals surface area (Å²) >= 11 is 0. The quantitative estimate of drug-likeness (QED) is 0.519. The molecule has 1 aromatic heterocycles. The van der Waals surface area contributed by atoms with Crippen LogP contribution in [0.2, 0.25) is 0 Å². The number of rotatable bonds is 8. The van der Waals surface area contributed by atoms with Crippen LogP contribution in [0.3, 0.4) is 0 Å². The van der Waals surface area contributed by atoms with E-state index in [-0.39, 0.29) is 6.61 Å². The average molecular weight is 225 g/mol. The lowest BCUT2D eigenvalue weighted by Gasteiger charge is -2.04. The van der Waals surface area contributed by atoms with Crippen LogP contribution in [0.4, 0.5) is 0 Å². The Bertz CT molecular complexity index is 320. The van der Waals surface area contributed by atoms with E-state index in [1.54, 1.807) is 6.07 Å². The fourth-order valence-electron chi connectivity index (χ4n) is 1.20. The number of aliphatic hydroxyl groups excluding tert-OH is 1. The molecule has 2 N–H and O–H groups in total. The molecule has 1 rings (SSSR count). The molecular formula is C12H19NO3. The van der Waals surface area contributed by atoms with E-state index in [1.807, 2.05) is 13.0 Å². The van der Waals surface area contributed by atoms with Crippen molar-refractivity contribution >= 4 is 0 Å². The molecule has 0 aliphatic heterocycles. The van der Waals surface area contributed by atoms with Crippen LogP contribution >= 0.6 is 0 Å². The number of aliphatic hydroxyl groups is 1. The van der Waals surface area contributed by atoms with E-state index in [2.05, 4.69) is 11.9 Å². The molecule has 0 aliphatic rings. The third-order valence-corrected chi connectivity index (χ3v) is 1.94. The van der Waals surface area contributed by atoms with Gasteiger partial charge in [-0.05, 0) is 19.1 Å². The molecule has 0 atom stereocenters. The van der Waals surface area contributed by atoms with Gasteiger partial charge in [-0.1, -0.05) is 12.2 Å². The van der Waals surface area contributed by atoms with Crippen LogP contribution < -0.4 is 5.32 Å². The van der Waals surface area contributed by atoms with E-state index >= 15 is 0 Å². The highest BCUT2D eigenvalue weighted by Crippen LogP contribution is 2.06. The molecule has 0 saturated heterocycles. The predicted molar refractivity (Wildman–Crippen MR) is 62.0 cm³/mol. The monoisotopic (exact) mass is 225 g/mol. The summed E-state index contributed by atoms with van der Waals surface area (Å²) in [5.74, 6) is 1.42. The van der Waals surface area contributed by atoms with Crippen molar-refractivity contribution in [3.63, 3.8) is 0 Å². The minimum absolute atomic E-state index is 0.0538. The van der Waals surface area contributed by atoms with Crippen molar-refractivity contribution in [2.75, 3.05) is 19.8 Å². The fraction of sp³-hybridized carbons (Fsp3) is 0.500. The van der Waals surface area contributed by atoms with Crippen LogP contribution in [0.1, 0.15) is 18.4 Å². The Morgan fingerprint density at radius 3 is 2.88 bits per heavy atom. The van der Waals surface area contributed by atoms with E-state index in [0.29, 0.717) is 25.5 Å². The van der Waals surface area contributed by atoms with E-state index in [1.165, 1.54) is 0 Å². The first kappa shape index (κ1) is 13.0. The number of hydrogen-bond donors (Lipinski definition) is 2. The van der Waals surface area contributed by atoms with E-state index in [0.717, 1.165) is 17.9 Å². The molecule has 0 spiro atoms. The normalized spacial score (nSPS) is 10.6. The van der Waals surface area contributed by atoms with Crippen LogP contribution in [0, 0.1) is 0 Å². The molecule has 0 fully saturated rings. The Hall–Kier alpha value is -1.10. The molecule has 1 heterocycles.